The Balaban J connectivity index is 1.76. The summed E-state index contributed by atoms with van der Waals surface area (Å²) in [7, 11) is 0. The standard InChI is InChI=1S/C26H25ClF2N2O2S/c27-22-15-21(10-11-23(22)29)31(24(32)14-17-12-13-34-16-17)25(18-6-8-19(28)9-7-18)26(33)30-20-4-2-1-3-5-20/h6-13,15-16,20,25H,1-5,14H2,(H,30,33). The second kappa shape index (κ2) is 11.1. The SMILES string of the molecule is O=C(NC1CCCCC1)C(c1ccc(F)cc1)N(C(=O)Cc1ccsc1)c1ccc(F)c(Cl)c1. The molecule has 1 saturated carbocycles. The fraction of sp³-hybridized carbons (Fsp3) is 0.308. The topological polar surface area (TPSA) is 49.4 Å². The Hall–Kier alpha value is -2.77. The Bertz CT molecular complexity index is 1130. The number of carbonyl (C=O) groups excluding carboxylic acids is 2. The van der Waals surface area contributed by atoms with E-state index < -0.39 is 17.7 Å². The van der Waals surface area contributed by atoms with Gasteiger partial charge in [-0.1, -0.05) is 43.0 Å². The maximum Gasteiger partial charge on any atom is 0.248 e. The summed E-state index contributed by atoms with van der Waals surface area (Å²) >= 11 is 7.52. The molecule has 1 fully saturated rings. The number of anilines is 1. The van der Waals surface area contributed by atoms with Gasteiger partial charge in [-0.05, 0) is 71.1 Å². The van der Waals surface area contributed by atoms with Crippen LogP contribution < -0.4 is 10.2 Å². The van der Waals surface area contributed by atoms with Crippen LogP contribution in [0.1, 0.15) is 49.3 Å². The van der Waals surface area contributed by atoms with E-state index in [4.69, 9.17) is 11.6 Å². The Labute approximate surface area is 206 Å². The van der Waals surface area contributed by atoms with Gasteiger partial charge in [-0.15, -0.1) is 0 Å². The molecule has 1 atom stereocenters. The highest BCUT2D eigenvalue weighted by atomic mass is 35.5. The van der Waals surface area contributed by atoms with E-state index in [0.717, 1.165) is 37.7 Å². The van der Waals surface area contributed by atoms with Crippen LogP contribution in [-0.4, -0.2) is 17.9 Å². The Morgan fingerprint density at radius 1 is 1.06 bits per heavy atom. The number of hydrogen-bond donors (Lipinski definition) is 1. The Morgan fingerprint density at radius 2 is 1.79 bits per heavy atom. The van der Waals surface area contributed by atoms with Crippen molar-refractivity contribution in [1.29, 1.82) is 0 Å². The van der Waals surface area contributed by atoms with Gasteiger partial charge in [0.2, 0.25) is 11.8 Å². The van der Waals surface area contributed by atoms with Crippen LogP contribution in [0.4, 0.5) is 14.5 Å². The lowest BCUT2D eigenvalue weighted by atomic mass is 9.94. The zero-order chi connectivity index (χ0) is 24.1. The summed E-state index contributed by atoms with van der Waals surface area (Å²) in [5.74, 6) is -1.79. The van der Waals surface area contributed by atoms with Gasteiger partial charge in [-0.2, -0.15) is 11.3 Å². The predicted molar refractivity (Wildman–Crippen MR) is 131 cm³/mol. The number of nitrogens with zero attached hydrogens (tertiary/aromatic N) is 1. The molecule has 0 saturated heterocycles. The van der Waals surface area contributed by atoms with E-state index in [0.29, 0.717) is 11.3 Å². The van der Waals surface area contributed by atoms with Gasteiger partial charge in [0.15, 0.2) is 0 Å². The third kappa shape index (κ3) is 5.83. The minimum absolute atomic E-state index is 0.00910. The number of nitrogens with one attached hydrogen (secondary N) is 1. The number of rotatable bonds is 7. The molecule has 0 spiro atoms. The van der Waals surface area contributed by atoms with Crippen LogP contribution in [0.5, 0.6) is 0 Å². The first-order chi connectivity index (χ1) is 16.4. The number of carbonyl (C=O) groups is 2. The molecule has 4 nitrogen and oxygen atoms in total. The van der Waals surface area contributed by atoms with Crippen molar-refractivity contribution in [1.82, 2.24) is 5.32 Å². The Morgan fingerprint density at radius 3 is 2.44 bits per heavy atom. The lowest BCUT2D eigenvalue weighted by Crippen LogP contribution is -2.47. The average Bonchev–Trinajstić information content (AvgIpc) is 3.33. The van der Waals surface area contributed by atoms with Gasteiger partial charge in [-0.3, -0.25) is 14.5 Å². The lowest BCUT2D eigenvalue weighted by Gasteiger charge is -2.33. The van der Waals surface area contributed by atoms with E-state index >= 15 is 0 Å². The first-order valence-electron chi connectivity index (χ1n) is 11.3. The van der Waals surface area contributed by atoms with E-state index in [1.807, 2.05) is 16.8 Å². The molecular formula is C26H25ClF2N2O2S. The first-order valence-corrected chi connectivity index (χ1v) is 12.6. The molecule has 34 heavy (non-hydrogen) atoms. The molecule has 1 N–H and O–H groups in total. The summed E-state index contributed by atoms with van der Waals surface area (Å²) in [5.41, 5.74) is 1.55. The molecule has 1 aliphatic carbocycles. The quantitative estimate of drug-likeness (QED) is 0.404. The van der Waals surface area contributed by atoms with Crippen molar-refractivity contribution >= 4 is 40.4 Å². The maximum atomic E-state index is 13.9. The van der Waals surface area contributed by atoms with E-state index in [2.05, 4.69) is 5.32 Å². The van der Waals surface area contributed by atoms with Crippen molar-refractivity contribution in [2.45, 2.75) is 50.6 Å². The Kier molecular flexibility index (Phi) is 7.95. The summed E-state index contributed by atoms with van der Waals surface area (Å²) in [6.07, 6.45) is 4.97. The van der Waals surface area contributed by atoms with Crippen molar-refractivity contribution < 1.29 is 18.4 Å². The number of halogens is 3. The second-order valence-electron chi connectivity index (χ2n) is 8.47. The van der Waals surface area contributed by atoms with Crippen LogP contribution in [0, 0.1) is 11.6 Å². The fourth-order valence-corrected chi connectivity index (χ4v) is 5.16. The van der Waals surface area contributed by atoms with Crippen LogP contribution in [0.2, 0.25) is 5.02 Å². The second-order valence-corrected chi connectivity index (χ2v) is 9.66. The molecule has 0 aliphatic heterocycles. The number of thiophene rings is 1. The van der Waals surface area contributed by atoms with E-state index in [-0.39, 0.29) is 29.3 Å². The fourth-order valence-electron chi connectivity index (χ4n) is 4.31. The molecule has 1 unspecified atom stereocenters. The predicted octanol–water partition coefficient (Wildman–Crippen LogP) is 6.45. The van der Waals surface area contributed by atoms with E-state index in [1.165, 1.54) is 58.7 Å². The number of amides is 2. The lowest BCUT2D eigenvalue weighted by molar-refractivity contribution is -0.127. The minimum atomic E-state index is -1.07. The van der Waals surface area contributed by atoms with Crippen LogP contribution in [0.15, 0.2) is 59.3 Å². The van der Waals surface area contributed by atoms with Crippen LogP contribution in [0.25, 0.3) is 0 Å². The van der Waals surface area contributed by atoms with Gasteiger partial charge in [0.25, 0.3) is 0 Å². The van der Waals surface area contributed by atoms with Crippen molar-refractivity contribution in [3.63, 3.8) is 0 Å². The van der Waals surface area contributed by atoms with Gasteiger partial charge in [0.05, 0.1) is 11.4 Å². The minimum Gasteiger partial charge on any atom is -0.351 e. The average molecular weight is 503 g/mol. The molecule has 8 heteroatoms. The highest BCUT2D eigenvalue weighted by Crippen LogP contribution is 2.32. The van der Waals surface area contributed by atoms with Gasteiger partial charge >= 0.3 is 0 Å². The molecule has 178 valence electrons. The van der Waals surface area contributed by atoms with Crippen LogP contribution in [0.3, 0.4) is 0 Å². The number of benzene rings is 2. The molecule has 2 amide bonds. The van der Waals surface area contributed by atoms with Gasteiger partial charge in [-0.25, -0.2) is 8.78 Å². The molecule has 1 aromatic heterocycles. The maximum absolute atomic E-state index is 13.9. The normalized spacial score (nSPS) is 15.0. The molecule has 1 aliphatic rings. The van der Waals surface area contributed by atoms with Gasteiger partial charge in [0.1, 0.15) is 17.7 Å². The van der Waals surface area contributed by atoms with Crippen molar-refractivity contribution in [3.05, 3.63) is 87.1 Å². The van der Waals surface area contributed by atoms with Crippen molar-refractivity contribution in [2.24, 2.45) is 0 Å². The molecule has 0 radical (unpaired) electrons. The summed E-state index contributed by atoms with van der Waals surface area (Å²) in [5, 5.41) is 6.67. The third-order valence-electron chi connectivity index (χ3n) is 6.03. The van der Waals surface area contributed by atoms with E-state index in [9.17, 15) is 18.4 Å². The zero-order valence-corrected chi connectivity index (χ0v) is 20.0. The summed E-state index contributed by atoms with van der Waals surface area (Å²) in [6.45, 7) is 0. The van der Waals surface area contributed by atoms with Gasteiger partial charge < -0.3 is 5.32 Å². The molecule has 4 rings (SSSR count). The zero-order valence-electron chi connectivity index (χ0n) is 18.5. The van der Waals surface area contributed by atoms with Crippen molar-refractivity contribution in [3.8, 4) is 0 Å². The molecule has 3 aromatic rings. The first kappa shape index (κ1) is 24.4. The summed E-state index contributed by atoms with van der Waals surface area (Å²) in [6, 6.07) is 10.2. The molecule has 0 bridgehead atoms. The van der Waals surface area contributed by atoms with Crippen molar-refractivity contribution in [2.75, 3.05) is 4.90 Å². The largest absolute Gasteiger partial charge is 0.351 e. The monoisotopic (exact) mass is 502 g/mol. The van der Waals surface area contributed by atoms with Crippen LogP contribution >= 0.6 is 22.9 Å². The highest BCUT2D eigenvalue weighted by Gasteiger charge is 2.34. The molecule has 2 aromatic carbocycles. The summed E-state index contributed by atoms with van der Waals surface area (Å²) < 4.78 is 27.7. The highest BCUT2D eigenvalue weighted by molar-refractivity contribution is 7.08. The third-order valence-corrected chi connectivity index (χ3v) is 7.05. The molecule has 1 heterocycles. The van der Waals surface area contributed by atoms with Gasteiger partial charge in [0, 0.05) is 11.7 Å². The molecular weight excluding hydrogens is 478 g/mol. The smallest absolute Gasteiger partial charge is 0.248 e. The summed E-state index contributed by atoms with van der Waals surface area (Å²) in [4.78, 5) is 28.6. The van der Waals surface area contributed by atoms with Crippen LogP contribution in [-0.2, 0) is 16.0 Å². The number of hydrogen-bond acceptors (Lipinski definition) is 3. The van der Waals surface area contributed by atoms with E-state index in [1.54, 1.807) is 0 Å².